The van der Waals surface area contributed by atoms with Crippen molar-refractivity contribution in [3.05, 3.63) is 48.3 Å². The number of carbonyl (C=O) groups is 1. The molecule has 1 amide bonds. The molecule has 110 valence electrons. The van der Waals surface area contributed by atoms with Gasteiger partial charge in [-0.25, -0.2) is 4.98 Å². The molecular weight excluding hydrogens is 270 g/mol. The first-order valence-corrected chi connectivity index (χ1v) is 6.44. The maximum atomic E-state index is 12.0. The number of rotatable bonds is 6. The molecular formula is C15H17N3O3. The van der Waals surface area contributed by atoms with Gasteiger partial charge in [0.2, 0.25) is 0 Å². The Kier molecular flexibility index (Phi) is 5.11. The number of nitrogens with zero attached hydrogens (tertiary/aromatic N) is 1. The predicted molar refractivity (Wildman–Crippen MR) is 80.4 cm³/mol. The number of amides is 1. The first kappa shape index (κ1) is 14.8. The first-order chi connectivity index (χ1) is 10.2. The van der Waals surface area contributed by atoms with Crippen LogP contribution in [0.2, 0.25) is 0 Å². The third kappa shape index (κ3) is 4.47. The van der Waals surface area contributed by atoms with Gasteiger partial charge in [-0.15, -0.1) is 0 Å². The Morgan fingerprint density at radius 1 is 1.29 bits per heavy atom. The normalized spacial score (nSPS) is 10.1. The molecule has 0 fully saturated rings. The summed E-state index contributed by atoms with van der Waals surface area (Å²) >= 11 is 0. The maximum Gasteiger partial charge on any atom is 0.274 e. The molecule has 0 radical (unpaired) electrons. The highest BCUT2D eigenvalue weighted by Crippen LogP contribution is 2.18. The number of aromatic nitrogens is 1. The second-order valence-electron chi connectivity index (χ2n) is 4.30. The van der Waals surface area contributed by atoms with Crippen molar-refractivity contribution >= 4 is 17.3 Å². The number of ether oxygens (including phenoxy) is 2. The van der Waals surface area contributed by atoms with Crippen LogP contribution in [0.3, 0.4) is 0 Å². The molecule has 6 heteroatoms. The van der Waals surface area contributed by atoms with E-state index in [4.69, 9.17) is 15.2 Å². The lowest BCUT2D eigenvalue weighted by Gasteiger charge is -2.08. The van der Waals surface area contributed by atoms with Crippen LogP contribution in [0.25, 0.3) is 0 Å². The molecule has 6 nitrogen and oxygen atoms in total. The molecule has 0 aliphatic carbocycles. The molecule has 1 aromatic heterocycles. The number of hydrogen-bond acceptors (Lipinski definition) is 5. The molecule has 2 rings (SSSR count). The zero-order chi connectivity index (χ0) is 15.1. The molecule has 1 heterocycles. The molecule has 0 aliphatic heterocycles. The van der Waals surface area contributed by atoms with E-state index >= 15 is 0 Å². The van der Waals surface area contributed by atoms with Crippen molar-refractivity contribution in [2.24, 2.45) is 0 Å². The van der Waals surface area contributed by atoms with E-state index in [0.717, 1.165) is 0 Å². The Morgan fingerprint density at radius 2 is 2.14 bits per heavy atom. The van der Waals surface area contributed by atoms with Crippen LogP contribution in [-0.4, -0.2) is 31.2 Å². The molecule has 1 aromatic carbocycles. The molecule has 0 aliphatic rings. The van der Waals surface area contributed by atoms with Gasteiger partial charge < -0.3 is 20.5 Å². The number of nitrogen functional groups attached to an aromatic ring is 1. The number of hydrogen-bond donors (Lipinski definition) is 2. The minimum Gasteiger partial charge on any atom is -0.491 e. The van der Waals surface area contributed by atoms with E-state index in [1.165, 1.54) is 6.20 Å². The van der Waals surface area contributed by atoms with Crippen molar-refractivity contribution < 1.29 is 14.3 Å². The van der Waals surface area contributed by atoms with Gasteiger partial charge in [0.05, 0.1) is 18.5 Å². The van der Waals surface area contributed by atoms with Crippen LogP contribution in [0.1, 0.15) is 10.5 Å². The van der Waals surface area contributed by atoms with E-state index in [0.29, 0.717) is 36.0 Å². The molecule has 0 atom stereocenters. The number of anilines is 2. The summed E-state index contributed by atoms with van der Waals surface area (Å²) in [5.74, 6) is 0.360. The van der Waals surface area contributed by atoms with E-state index in [9.17, 15) is 4.79 Å². The number of carbonyl (C=O) groups excluding carboxylic acids is 1. The standard InChI is InChI=1S/C15H17N3O3/c1-20-7-8-21-13-4-2-3-12(9-13)18-15(19)14-6-5-11(16)10-17-14/h2-6,9-10H,7-8,16H2,1H3,(H,18,19). The Balaban J connectivity index is 2.00. The van der Waals surface area contributed by atoms with Crippen molar-refractivity contribution in [3.63, 3.8) is 0 Å². The fourth-order valence-electron chi connectivity index (χ4n) is 1.64. The number of pyridine rings is 1. The highest BCUT2D eigenvalue weighted by atomic mass is 16.5. The Labute approximate surface area is 122 Å². The number of methoxy groups -OCH3 is 1. The summed E-state index contributed by atoms with van der Waals surface area (Å²) in [4.78, 5) is 16.0. The molecule has 3 N–H and O–H groups in total. The zero-order valence-corrected chi connectivity index (χ0v) is 11.7. The Hall–Kier alpha value is -2.60. The van der Waals surface area contributed by atoms with Crippen LogP contribution < -0.4 is 15.8 Å². The van der Waals surface area contributed by atoms with Gasteiger partial charge in [-0.1, -0.05) is 6.07 Å². The summed E-state index contributed by atoms with van der Waals surface area (Å²) in [5, 5.41) is 2.75. The van der Waals surface area contributed by atoms with Crippen LogP contribution in [-0.2, 0) is 4.74 Å². The van der Waals surface area contributed by atoms with Crippen molar-refractivity contribution in [3.8, 4) is 5.75 Å². The van der Waals surface area contributed by atoms with Crippen LogP contribution in [0, 0.1) is 0 Å². The highest BCUT2D eigenvalue weighted by molar-refractivity contribution is 6.03. The van der Waals surface area contributed by atoms with Crippen molar-refractivity contribution in [1.82, 2.24) is 4.98 Å². The lowest BCUT2D eigenvalue weighted by molar-refractivity contribution is 0.102. The molecule has 21 heavy (non-hydrogen) atoms. The van der Waals surface area contributed by atoms with Gasteiger partial charge in [0.1, 0.15) is 18.1 Å². The van der Waals surface area contributed by atoms with Crippen LogP contribution in [0.15, 0.2) is 42.6 Å². The largest absolute Gasteiger partial charge is 0.491 e. The average molecular weight is 287 g/mol. The molecule has 0 unspecified atom stereocenters. The van der Waals surface area contributed by atoms with Crippen LogP contribution >= 0.6 is 0 Å². The number of nitrogens with two attached hydrogens (primary N) is 1. The van der Waals surface area contributed by atoms with Gasteiger partial charge >= 0.3 is 0 Å². The van der Waals surface area contributed by atoms with Gasteiger partial charge in [0, 0.05) is 18.9 Å². The highest BCUT2D eigenvalue weighted by Gasteiger charge is 2.07. The molecule has 2 aromatic rings. The summed E-state index contributed by atoms with van der Waals surface area (Å²) in [7, 11) is 1.61. The summed E-state index contributed by atoms with van der Waals surface area (Å²) in [6.07, 6.45) is 1.44. The monoisotopic (exact) mass is 287 g/mol. The Morgan fingerprint density at radius 3 is 2.86 bits per heavy atom. The molecule has 0 spiro atoms. The van der Waals surface area contributed by atoms with E-state index < -0.39 is 0 Å². The summed E-state index contributed by atoms with van der Waals surface area (Å²) in [6.45, 7) is 0.958. The van der Waals surface area contributed by atoms with Crippen LogP contribution in [0.5, 0.6) is 5.75 Å². The van der Waals surface area contributed by atoms with Crippen molar-refractivity contribution in [1.29, 1.82) is 0 Å². The second kappa shape index (κ2) is 7.25. The second-order valence-corrected chi connectivity index (χ2v) is 4.30. The lowest BCUT2D eigenvalue weighted by atomic mass is 10.2. The number of benzene rings is 1. The van der Waals surface area contributed by atoms with E-state index in [1.54, 1.807) is 37.4 Å². The minimum atomic E-state index is -0.302. The molecule has 0 saturated heterocycles. The third-order valence-electron chi connectivity index (χ3n) is 2.67. The molecule has 0 bridgehead atoms. The summed E-state index contributed by atoms with van der Waals surface area (Å²) in [5.41, 5.74) is 6.98. The fraction of sp³-hybridized carbons (Fsp3) is 0.200. The Bertz CT molecular complexity index is 599. The smallest absolute Gasteiger partial charge is 0.274 e. The van der Waals surface area contributed by atoms with Crippen molar-refractivity contribution in [2.75, 3.05) is 31.4 Å². The molecule has 0 saturated carbocycles. The lowest BCUT2D eigenvalue weighted by Crippen LogP contribution is -2.13. The maximum absolute atomic E-state index is 12.0. The fourth-order valence-corrected chi connectivity index (χ4v) is 1.64. The van der Waals surface area contributed by atoms with Gasteiger partial charge in [-0.2, -0.15) is 0 Å². The van der Waals surface area contributed by atoms with Gasteiger partial charge in [-0.3, -0.25) is 4.79 Å². The van der Waals surface area contributed by atoms with E-state index in [-0.39, 0.29) is 5.91 Å². The van der Waals surface area contributed by atoms with Gasteiger partial charge in [0.25, 0.3) is 5.91 Å². The topological polar surface area (TPSA) is 86.5 Å². The summed E-state index contributed by atoms with van der Waals surface area (Å²) < 4.78 is 10.4. The first-order valence-electron chi connectivity index (χ1n) is 6.44. The third-order valence-corrected chi connectivity index (χ3v) is 2.67. The SMILES string of the molecule is COCCOc1cccc(NC(=O)c2ccc(N)cn2)c1. The minimum absolute atomic E-state index is 0.301. The zero-order valence-electron chi connectivity index (χ0n) is 11.7. The quantitative estimate of drug-likeness (QED) is 0.793. The van der Waals surface area contributed by atoms with Crippen molar-refractivity contribution in [2.45, 2.75) is 0 Å². The average Bonchev–Trinajstić information content (AvgIpc) is 2.48. The number of nitrogens with one attached hydrogen (secondary N) is 1. The predicted octanol–water partition coefficient (Wildman–Crippen LogP) is 1.94. The van der Waals surface area contributed by atoms with Gasteiger partial charge in [-0.05, 0) is 24.3 Å². The van der Waals surface area contributed by atoms with E-state index in [2.05, 4.69) is 10.3 Å². The van der Waals surface area contributed by atoms with Gasteiger partial charge in [0.15, 0.2) is 0 Å². The van der Waals surface area contributed by atoms with Crippen LogP contribution in [0.4, 0.5) is 11.4 Å². The van der Waals surface area contributed by atoms with E-state index in [1.807, 2.05) is 6.07 Å². The summed E-state index contributed by atoms with van der Waals surface area (Å²) in [6, 6.07) is 10.3.